The molecule has 0 radical (unpaired) electrons. The molecular weight excluding hydrogens is 252 g/mol. The van der Waals surface area contributed by atoms with E-state index >= 15 is 0 Å². The Morgan fingerprint density at radius 1 is 1.35 bits per heavy atom. The number of aromatic nitrogens is 2. The maximum Gasteiger partial charge on any atom is 0.218 e. The van der Waals surface area contributed by atoms with Crippen molar-refractivity contribution in [1.82, 2.24) is 14.9 Å². The normalized spacial score (nSPS) is 15.5. The van der Waals surface area contributed by atoms with E-state index in [1.807, 2.05) is 6.07 Å². The molecule has 1 aliphatic rings. The van der Waals surface area contributed by atoms with E-state index in [0.717, 1.165) is 18.2 Å². The predicted octanol–water partition coefficient (Wildman–Crippen LogP) is 2.50. The minimum Gasteiger partial charge on any atom is -0.476 e. The van der Waals surface area contributed by atoms with Gasteiger partial charge in [-0.2, -0.15) is 4.98 Å². The lowest BCUT2D eigenvalue weighted by atomic mass is 10.1. The van der Waals surface area contributed by atoms with E-state index < -0.39 is 0 Å². The smallest absolute Gasteiger partial charge is 0.218 e. The van der Waals surface area contributed by atoms with Crippen molar-refractivity contribution >= 4 is 5.82 Å². The SMILES string of the molecule is CCNc1cc(OCC(C)(C)N(C)C)nc(C2CC2)n1. The molecule has 1 N–H and O–H groups in total. The monoisotopic (exact) mass is 278 g/mol. The van der Waals surface area contributed by atoms with Gasteiger partial charge in [0, 0.05) is 24.1 Å². The van der Waals surface area contributed by atoms with Gasteiger partial charge < -0.3 is 15.0 Å². The van der Waals surface area contributed by atoms with Gasteiger partial charge >= 0.3 is 0 Å². The zero-order valence-electron chi connectivity index (χ0n) is 13.2. The average molecular weight is 278 g/mol. The summed E-state index contributed by atoms with van der Waals surface area (Å²) in [4.78, 5) is 11.3. The third kappa shape index (κ3) is 3.82. The van der Waals surface area contributed by atoms with Crippen molar-refractivity contribution in [2.45, 2.75) is 45.1 Å². The third-order valence-electron chi connectivity index (χ3n) is 3.80. The molecule has 1 aromatic heterocycles. The second kappa shape index (κ2) is 5.95. The number of likely N-dealkylation sites (N-methyl/N-ethyl adjacent to an activating group) is 1. The summed E-state index contributed by atoms with van der Waals surface area (Å²) < 4.78 is 5.90. The first-order valence-corrected chi connectivity index (χ1v) is 7.35. The number of hydrogen-bond acceptors (Lipinski definition) is 5. The lowest BCUT2D eigenvalue weighted by Crippen LogP contribution is -2.43. The van der Waals surface area contributed by atoms with Crippen molar-refractivity contribution in [2.75, 3.05) is 32.6 Å². The van der Waals surface area contributed by atoms with E-state index in [2.05, 4.69) is 55.1 Å². The number of hydrogen-bond donors (Lipinski definition) is 1. The van der Waals surface area contributed by atoms with E-state index in [1.54, 1.807) is 0 Å². The Balaban J connectivity index is 2.10. The Morgan fingerprint density at radius 2 is 2.05 bits per heavy atom. The Hall–Kier alpha value is -1.36. The highest BCUT2D eigenvalue weighted by Gasteiger charge is 2.28. The first-order valence-electron chi connectivity index (χ1n) is 7.35. The molecule has 5 nitrogen and oxygen atoms in total. The molecule has 1 saturated carbocycles. The van der Waals surface area contributed by atoms with Crippen LogP contribution in [0.15, 0.2) is 6.07 Å². The molecule has 112 valence electrons. The van der Waals surface area contributed by atoms with Crippen LogP contribution in [0.1, 0.15) is 45.4 Å². The summed E-state index contributed by atoms with van der Waals surface area (Å²) in [5.74, 6) is 2.98. The zero-order valence-corrected chi connectivity index (χ0v) is 13.2. The fourth-order valence-corrected chi connectivity index (χ4v) is 1.69. The summed E-state index contributed by atoms with van der Waals surface area (Å²) >= 11 is 0. The molecule has 0 spiro atoms. The van der Waals surface area contributed by atoms with Gasteiger partial charge in [0.05, 0.1) is 0 Å². The molecule has 20 heavy (non-hydrogen) atoms. The molecule has 0 saturated heterocycles. The van der Waals surface area contributed by atoms with Crippen molar-refractivity contribution in [3.8, 4) is 5.88 Å². The molecule has 1 fully saturated rings. The molecule has 0 aliphatic heterocycles. The molecule has 0 aromatic carbocycles. The summed E-state index contributed by atoms with van der Waals surface area (Å²) in [5.41, 5.74) is -0.0248. The van der Waals surface area contributed by atoms with Crippen molar-refractivity contribution in [3.05, 3.63) is 11.9 Å². The lowest BCUT2D eigenvalue weighted by molar-refractivity contribution is 0.111. The quantitative estimate of drug-likeness (QED) is 0.830. The van der Waals surface area contributed by atoms with Gasteiger partial charge in [0.1, 0.15) is 18.2 Å². The standard InChI is InChI=1S/C15H26N4O/c1-6-16-12-9-13(18-14(17-12)11-7-8-11)20-10-15(2,3)19(4)5/h9,11H,6-8,10H2,1-5H3,(H,16,17,18). The summed E-state index contributed by atoms with van der Waals surface area (Å²) in [5, 5.41) is 3.25. The summed E-state index contributed by atoms with van der Waals surface area (Å²) in [6.45, 7) is 7.83. The van der Waals surface area contributed by atoms with E-state index in [1.165, 1.54) is 12.8 Å². The Bertz CT molecular complexity index is 455. The molecule has 0 atom stereocenters. The molecule has 1 heterocycles. The van der Waals surface area contributed by atoms with Crippen LogP contribution in [0, 0.1) is 0 Å². The first-order chi connectivity index (χ1) is 9.42. The van der Waals surface area contributed by atoms with Crippen LogP contribution in [-0.4, -0.2) is 47.7 Å². The molecular formula is C15H26N4O. The second-order valence-electron chi connectivity index (χ2n) is 6.25. The van der Waals surface area contributed by atoms with Gasteiger partial charge in [-0.3, -0.25) is 0 Å². The highest BCUT2D eigenvalue weighted by Crippen LogP contribution is 2.39. The highest BCUT2D eigenvalue weighted by molar-refractivity contribution is 5.39. The fourth-order valence-electron chi connectivity index (χ4n) is 1.69. The zero-order chi connectivity index (χ0) is 14.8. The molecule has 0 amide bonds. The van der Waals surface area contributed by atoms with E-state index in [-0.39, 0.29) is 5.54 Å². The number of nitrogens with one attached hydrogen (secondary N) is 1. The van der Waals surface area contributed by atoms with Crippen molar-refractivity contribution in [1.29, 1.82) is 0 Å². The summed E-state index contributed by atoms with van der Waals surface area (Å²) in [6, 6.07) is 1.89. The summed E-state index contributed by atoms with van der Waals surface area (Å²) in [6.07, 6.45) is 2.39. The average Bonchev–Trinajstić information content (AvgIpc) is 3.21. The maximum absolute atomic E-state index is 5.90. The predicted molar refractivity (Wildman–Crippen MR) is 81.4 cm³/mol. The van der Waals surface area contributed by atoms with Crippen LogP contribution in [0.5, 0.6) is 5.88 Å². The van der Waals surface area contributed by atoms with Gasteiger partial charge in [0.2, 0.25) is 5.88 Å². The first kappa shape index (κ1) is 15.0. The Morgan fingerprint density at radius 3 is 2.60 bits per heavy atom. The second-order valence-corrected chi connectivity index (χ2v) is 6.25. The number of anilines is 1. The minimum atomic E-state index is -0.0248. The molecule has 5 heteroatoms. The van der Waals surface area contributed by atoms with Crippen molar-refractivity contribution in [2.24, 2.45) is 0 Å². The number of nitrogens with zero attached hydrogens (tertiary/aromatic N) is 3. The lowest BCUT2D eigenvalue weighted by Gasteiger charge is -2.31. The van der Waals surface area contributed by atoms with Crippen LogP contribution in [0.2, 0.25) is 0 Å². The summed E-state index contributed by atoms with van der Waals surface area (Å²) in [7, 11) is 4.12. The highest BCUT2D eigenvalue weighted by atomic mass is 16.5. The van der Waals surface area contributed by atoms with Crippen molar-refractivity contribution < 1.29 is 4.74 Å². The molecule has 0 unspecified atom stereocenters. The molecule has 0 bridgehead atoms. The minimum absolute atomic E-state index is 0.0248. The topological polar surface area (TPSA) is 50.3 Å². The third-order valence-corrected chi connectivity index (χ3v) is 3.80. The van der Waals surface area contributed by atoms with Gasteiger partial charge in [-0.25, -0.2) is 4.98 Å². The van der Waals surface area contributed by atoms with Crippen LogP contribution in [-0.2, 0) is 0 Å². The van der Waals surface area contributed by atoms with Gasteiger partial charge in [0.25, 0.3) is 0 Å². The van der Waals surface area contributed by atoms with Crippen LogP contribution in [0.3, 0.4) is 0 Å². The van der Waals surface area contributed by atoms with Crippen LogP contribution >= 0.6 is 0 Å². The molecule has 1 aliphatic carbocycles. The van der Waals surface area contributed by atoms with Crippen LogP contribution in [0.25, 0.3) is 0 Å². The van der Waals surface area contributed by atoms with Gasteiger partial charge in [-0.05, 0) is 47.7 Å². The van der Waals surface area contributed by atoms with Gasteiger partial charge in [-0.1, -0.05) is 0 Å². The van der Waals surface area contributed by atoms with Crippen molar-refractivity contribution in [3.63, 3.8) is 0 Å². The maximum atomic E-state index is 5.90. The Kier molecular flexibility index (Phi) is 4.48. The van der Waals surface area contributed by atoms with E-state index in [9.17, 15) is 0 Å². The van der Waals surface area contributed by atoms with Gasteiger partial charge in [-0.15, -0.1) is 0 Å². The number of rotatable bonds is 7. The van der Waals surface area contributed by atoms with Crippen LogP contribution < -0.4 is 10.1 Å². The van der Waals surface area contributed by atoms with Gasteiger partial charge in [0.15, 0.2) is 0 Å². The molecule has 1 aromatic rings. The van der Waals surface area contributed by atoms with E-state index in [4.69, 9.17) is 4.74 Å². The Labute approximate surface area is 121 Å². The van der Waals surface area contributed by atoms with Crippen LogP contribution in [0.4, 0.5) is 5.82 Å². The largest absolute Gasteiger partial charge is 0.476 e. The molecule has 2 rings (SSSR count). The fraction of sp³-hybridized carbons (Fsp3) is 0.733. The number of ether oxygens (including phenoxy) is 1. The van der Waals surface area contributed by atoms with E-state index in [0.29, 0.717) is 18.4 Å².